The van der Waals surface area contributed by atoms with E-state index < -0.39 is 31.3 Å². The summed E-state index contributed by atoms with van der Waals surface area (Å²) >= 11 is 0. The van der Waals surface area contributed by atoms with Crippen molar-refractivity contribution >= 4 is 37.4 Å². The molecule has 15 heteroatoms. The van der Waals surface area contributed by atoms with Crippen molar-refractivity contribution in [3.63, 3.8) is 0 Å². The first-order valence-corrected chi connectivity index (χ1v) is 12.7. The summed E-state index contributed by atoms with van der Waals surface area (Å²) in [6.45, 7) is 1.28. The first-order chi connectivity index (χ1) is 15.3. The average Bonchev–Trinajstić information content (AvgIpc) is 2.72. The van der Waals surface area contributed by atoms with Crippen LogP contribution < -0.4 is 27.1 Å². The Hall–Kier alpha value is -3.59. The molecule has 13 nitrogen and oxygen atoms in total. The quantitative estimate of drug-likeness (QED) is 0.132. The highest BCUT2D eigenvalue weighted by atomic mass is 32.2. The average molecular weight is 501 g/mol. The van der Waals surface area contributed by atoms with Crippen molar-refractivity contribution in [2.75, 3.05) is 24.1 Å². The highest BCUT2D eigenvalue weighted by Gasteiger charge is 2.19. The number of anilines is 1. The van der Waals surface area contributed by atoms with Gasteiger partial charge in [-0.2, -0.15) is 0 Å². The van der Waals surface area contributed by atoms with E-state index in [4.69, 9.17) is 16.3 Å². The van der Waals surface area contributed by atoms with Gasteiger partial charge in [0.1, 0.15) is 18.8 Å². The van der Waals surface area contributed by atoms with Gasteiger partial charge in [-0.3, -0.25) is 14.3 Å². The molecule has 2 aromatic rings. The molecule has 0 spiro atoms. The number of carbonyl (C=O) groups excluding carboxylic acids is 1. The Morgan fingerprint density at radius 2 is 1.67 bits per heavy atom. The van der Waals surface area contributed by atoms with Crippen LogP contribution in [0, 0.1) is 6.92 Å². The second kappa shape index (κ2) is 10.4. The van der Waals surface area contributed by atoms with Crippen molar-refractivity contribution in [1.82, 2.24) is 9.88 Å². The molecule has 0 fully saturated rings. The predicted molar refractivity (Wildman–Crippen MR) is 121 cm³/mol. The number of oxime groups is 1. The summed E-state index contributed by atoms with van der Waals surface area (Å²) in [5, 5.41) is 5.80. The first-order valence-electron chi connectivity index (χ1n) is 9.32. The Kier molecular flexibility index (Phi) is 8.05. The molecule has 0 radical (unpaired) electrons. The topological polar surface area (TPSA) is 205 Å². The SMILES string of the molecule is Cc1ccc(NS(=O)(=O)c2ccc(S(C)(=O)=O)cc2)c(=O)n1CC(=O)NCCON=C(N)N. The number of sulfonamides is 1. The van der Waals surface area contributed by atoms with E-state index >= 15 is 0 Å². The van der Waals surface area contributed by atoms with Gasteiger partial charge in [0, 0.05) is 11.9 Å². The van der Waals surface area contributed by atoms with Crippen molar-refractivity contribution < 1.29 is 26.5 Å². The van der Waals surface area contributed by atoms with E-state index in [9.17, 15) is 26.4 Å². The van der Waals surface area contributed by atoms with Crippen molar-refractivity contribution in [2.24, 2.45) is 16.6 Å². The molecule has 0 saturated carbocycles. The second-order valence-corrected chi connectivity index (χ2v) is 10.5. The Labute approximate surface area is 190 Å². The molecule has 1 heterocycles. The van der Waals surface area contributed by atoms with E-state index in [1.54, 1.807) is 6.92 Å². The highest BCUT2D eigenvalue weighted by Crippen LogP contribution is 2.17. The first kappa shape index (κ1) is 25.7. The molecule has 0 saturated heterocycles. The number of rotatable bonds is 10. The van der Waals surface area contributed by atoms with E-state index in [0.717, 1.165) is 35.1 Å². The molecule has 0 aliphatic carbocycles. The van der Waals surface area contributed by atoms with Crippen molar-refractivity contribution in [1.29, 1.82) is 0 Å². The van der Waals surface area contributed by atoms with E-state index in [2.05, 4.69) is 15.2 Å². The number of nitrogens with one attached hydrogen (secondary N) is 2. The number of guanidine groups is 1. The zero-order valence-electron chi connectivity index (χ0n) is 17.8. The number of nitrogens with zero attached hydrogens (tertiary/aromatic N) is 2. The molecule has 6 N–H and O–H groups in total. The molecule has 180 valence electrons. The van der Waals surface area contributed by atoms with Crippen LogP contribution in [0.3, 0.4) is 0 Å². The molecule has 0 bridgehead atoms. The summed E-state index contributed by atoms with van der Waals surface area (Å²) in [5.41, 5.74) is 9.59. The van der Waals surface area contributed by atoms with Crippen LogP contribution in [-0.4, -0.2) is 52.7 Å². The number of pyridine rings is 1. The maximum atomic E-state index is 12.8. The number of amides is 1. The Balaban J connectivity index is 2.16. The van der Waals surface area contributed by atoms with Gasteiger partial charge in [-0.25, -0.2) is 16.8 Å². The molecule has 0 aliphatic heterocycles. The summed E-state index contributed by atoms with van der Waals surface area (Å²) in [7, 11) is -7.69. The van der Waals surface area contributed by atoms with Crippen molar-refractivity contribution in [2.45, 2.75) is 23.3 Å². The van der Waals surface area contributed by atoms with Crippen LogP contribution in [0.2, 0.25) is 0 Å². The monoisotopic (exact) mass is 500 g/mol. The standard InChI is InChI=1S/C18H24N6O7S2/c1-12-3-8-15(17(26)24(12)11-16(25)21-9-10-31-22-18(19)20)23-33(29,30)14-6-4-13(5-7-14)32(2,27)28/h3-8,23H,9-11H2,1-2H3,(H,21,25)(H4,19,20,22). The molecule has 1 aromatic heterocycles. The fourth-order valence-corrected chi connectivity index (χ4v) is 4.26. The summed E-state index contributed by atoms with van der Waals surface area (Å²) in [6.07, 6.45) is 0.997. The van der Waals surface area contributed by atoms with Gasteiger partial charge in [-0.1, -0.05) is 0 Å². The van der Waals surface area contributed by atoms with Crippen LogP contribution in [0.15, 0.2) is 56.1 Å². The van der Waals surface area contributed by atoms with Crippen LogP contribution >= 0.6 is 0 Å². The summed E-state index contributed by atoms with van der Waals surface area (Å²) in [5.74, 6) is -0.793. The van der Waals surface area contributed by atoms with Gasteiger partial charge < -0.3 is 26.2 Å². The van der Waals surface area contributed by atoms with Gasteiger partial charge in [0.15, 0.2) is 9.84 Å². The number of aryl methyl sites for hydroxylation is 1. The number of sulfone groups is 1. The number of carbonyl (C=O) groups is 1. The van der Waals surface area contributed by atoms with Crippen molar-refractivity contribution in [3.8, 4) is 0 Å². The second-order valence-electron chi connectivity index (χ2n) is 6.83. The molecule has 1 amide bonds. The molecule has 2 rings (SSSR count). The van der Waals surface area contributed by atoms with Crippen LogP contribution in [0.4, 0.5) is 5.69 Å². The van der Waals surface area contributed by atoms with Crippen LogP contribution in [0.5, 0.6) is 0 Å². The fraction of sp³-hybridized carbons (Fsp3) is 0.278. The molecule has 0 aliphatic rings. The van der Waals surface area contributed by atoms with Gasteiger partial charge in [-0.15, -0.1) is 0 Å². The third kappa shape index (κ3) is 7.21. The molecule has 0 atom stereocenters. The lowest BCUT2D eigenvalue weighted by Crippen LogP contribution is -2.36. The molecule has 0 unspecified atom stereocenters. The summed E-state index contributed by atoms with van der Waals surface area (Å²) in [6, 6.07) is 7.28. The summed E-state index contributed by atoms with van der Waals surface area (Å²) < 4.78 is 51.7. The third-order valence-electron chi connectivity index (χ3n) is 4.19. The van der Waals surface area contributed by atoms with E-state index in [1.807, 2.05) is 0 Å². The smallest absolute Gasteiger partial charge is 0.275 e. The normalized spacial score (nSPS) is 11.5. The Bertz CT molecular complexity index is 1310. The zero-order valence-corrected chi connectivity index (χ0v) is 19.4. The van der Waals surface area contributed by atoms with Gasteiger partial charge in [0.2, 0.25) is 11.9 Å². The molecular formula is C18H24N6O7S2. The van der Waals surface area contributed by atoms with E-state index in [-0.39, 0.29) is 41.1 Å². The van der Waals surface area contributed by atoms with Gasteiger partial charge >= 0.3 is 0 Å². The summed E-state index contributed by atoms with van der Waals surface area (Å²) in [4.78, 5) is 29.4. The maximum Gasteiger partial charge on any atom is 0.275 e. The lowest BCUT2D eigenvalue weighted by molar-refractivity contribution is -0.122. The minimum Gasteiger partial charge on any atom is -0.391 e. The van der Waals surface area contributed by atoms with E-state index in [1.165, 1.54) is 12.1 Å². The van der Waals surface area contributed by atoms with Gasteiger partial charge in [-0.05, 0) is 48.5 Å². The van der Waals surface area contributed by atoms with Crippen molar-refractivity contribution in [3.05, 3.63) is 52.4 Å². The van der Waals surface area contributed by atoms with E-state index in [0.29, 0.717) is 5.69 Å². The Morgan fingerprint density at radius 1 is 1.06 bits per heavy atom. The van der Waals surface area contributed by atoms with Crippen LogP contribution in [-0.2, 0) is 36.0 Å². The largest absolute Gasteiger partial charge is 0.391 e. The van der Waals surface area contributed by atoms with Crippen LogP contribution in [0.25, 0.3) is 0 Å². The minimum atomic E-state index is -4.19. The lowest BCUT2D eigenvalue weighted by atomic mass is 10.3. The van der Waals surface area contributed by atoms with Gasteiger partial charge in [0.05, 0.1) is 16.3 Å². The maximum absolute atomic E-state index is 12.8. The Morgan fingerprint density at radius 3 is 2.24 bits per heavy atom. The number of hydrogen-bond acceptors (Lipinski definition) is 8. The van der Waals surface area contributed by atoms with Gasteiger partial charge in [0.25, 0.3) is 15.6 Å². The number of hydrogen-bond donors (Lipinski definition) is 4. The lowest BCUT2D eigenvalue weighted by Gasteiger charge is -2.13. The number of nitrogens with two attached hydrogens (primary N) is 2. The number of aromatic nitrogens is 1. The fourth-order valence-electron chi connectivity index (χ4n) is 2.57. The molecular weight excluding hydrogens is 476 g/mol. The molecule has 1 aromatic carbocycles. The number of benzene rings is 1. The third-order valence-corrected chi connectivity index (χ3v) is 6.70. The predicted octanol–water partition coefficient (Wildman–Crippen LogP) is -1.32. The molecule has 33 heavy (non-hydrogen) atoms. The zero-order chi connectivity index (χ0) is 24.8. The highest BCUT2D eigenvalue weighted by molar-refractivity contribution is 7.92. The minimum absolute atomic E-state index is 0.00448. The van der Waals surface area contributed by atoms with Crippen LogP contribution in [0.1, 0.15) is 5.69 Å².